The van der Waals surface area contributed by atoms with Crippen molar-refractivity contribution in [2.75, 3.05) is 33.4 Å². The lowest BCUT2D eigenvalue weighted by atomic mass is 9.85. The number of carbonyl (C=O) groups is 4. The van der Waals surface area contributed by atoms with E-state index in [1.54, 1.807) is 6.92 Å². The molecule has 2 amide bonds. The molecule has 5 rings (SSSR count). The number of nitrogens with two attached hydrogens (primary N) is 1. The van der Waals surface area contributed by atoms with Crippen LogP contribution in [0.25, 0.3) is 22.1 Å². The molecule has 0 saturated heterocycles. The van der Waals surface area contributed by atoms with Crippen molar-refractivity contribution >= 4 is 45.6 Å². The number of aliphatic hydroxyl groups is 2. The predicted octanol–water partition coefficient (Wildman–Crippen LogP) is 3.97. The van der Waals surface area contributed by atoms with Crippen molar-refractivity contribution in [1.29, 1.82) is 0 Å². The third kappa shape index (κ3) is 8.10. The highest BCUT2D eigenvalue weighted by Crippen LogP contribution is 2.43. The van der Waals surface area contributed by atoms with Crippen molar-refractivity contribution in [2.24, 2.45) is 5.73 Å². The molecule has 290 valence electrons. The second kappa shape index (κ2) is 17.0. The number of esters is 1. The Balaban J connectivity index is 1.92. The zero-order valence-electron chi connectivity index (χ0n) is 32.2. The second-order valence-electron chi connectivity index (χ2n) is 14.4. The monoisotopic (exact) mass is 743 g/mol. The number of ketones is 1. The molecular weight excluding hydrogens is 690 g/mol. The van der Waals surface area contributed by atoms with Crippen LogP contribution >= 0.6 is 0 Å². The van der Waals surface area contributed by atoms with Gasteiger partial charge in [-0.1, -0.05) is 20.8 Å². The number of aliphatic hydroxyl groups excluding tert-OH is 2. The normalized spacial score (nSPS) is 18.6. The van der Waals surface area contributed by atoms with Crippen molar-refractivity contribution in [2.45, 2.75) is 97.0 Å². The maximum absolute atomic E-state index is 14.0. The molecule has 14 nitrogen and oxygen atoms in total. The van der Waals surface area contributed by atoms with Crippen LogP contribution in [0.5, 0.6) is 0 Å². The van der Waals surface area contributed by atoms with E-state index < -0.39 is 24.6 Å². The molecule has 0 spiro atoms. The first-order chi connectivity index (χ1) is 25.7. The molecular formula is C40H53N7O7. The van der Waals surface area contributed by atoms with Gasteiger partial charge in [0.05, 0.1) is 48.5 Å². The van der Waals surface area contributed by atoms with Crippen molar-refractivity contribution < 1.29 is 34.1 Å². The summed E-state index contributed by atoms with van der Waals surface area (Å²) < 4.78 is 5.18. The summed E-state index contributed by atoms with van der Waals surface area (Å²) in [5, 5.41) is 24.6. The highest BCUT2D eigenvalue weighted by Gasteiger charge is 2.34. The average molecular weight is 744 g/mol. The summed E-state index contributed by atoms with van der Waals surface area (Å²) in [7, 11) is 1.30. The number of aromatic amines is 2. The highest BCUT2D eigenvalue weighted by atomic mass is 16.5. The van der Waals surface area contributed by atoms with E-state index in [0.29, 0.717) is 62.1 Å². The van der Waals surface area contributed by atoms with Crippen molar-refractivity contribution in [3.05, 3.63) is 68.8 Å². The summed E-state index contributed by atoms with van der Waals surface area (Å²) in [6.45, 7) is 11.4. The number of hydrogen-bond acceptors (Lipinski definition) is 10. The van der Waals surface area contributed by atoms with Crippen LogP contribution in [0.3, 0.4) is 0 Å². The van der Waals surface area contributed by atoms with Crippen molar-refractivity contribution in [3.63, 3.8) is 0 Å². The second-order valence-corrected chi connectivity index (χ2v) is 14.4. The quantitative estimate of drug-likeness (QED) is 0.0985. The van der Waals surface area contributed by atoms with Crippen LogP contribution in [0, 0.1) is 13.8 Å². The molecule has 14 heteroatoms. The van der Waals surface area contributed by atoms with E-state index in [0.717, 1.165) is 23.4 Å². The van der Waals surface area contributed by atoms with Crippen LogP contribution in [-0.4, -0.2) is 93.2 Å². The molecule has 3 aromatic heterocycles. The first-order valence-electron chi connectivity index (χ1n) is 18.6. The molecule has 2 aliphatic heterocycles. The Kier molecular flexibility index (Phi) is 12.7. The number of aryl methyl sites for hydroxylation is 2. The van der Waals surface area contributed by atoms with Crippen LogP contribution in [0.15, 0.2) is 18.2 Å². The highest BCUT2D eigenvalue weighted by molar-refractivity contribution is 6.06. The topological polar surface area (TPSA) is 225 Å². The molecule has 2 aliphatic rings. The van der Waals surface area contributed by atoms with Gasteiger partial charge >= 0.3 is 5.97 Å². The number of nitrogens with one attached hydrogen (secondary N) is 4. The minimum Gasteiger partial charge on any atom is -0.469 e. The maximum Gasteiger partial charge on any atom is 0.310 e. The Morgan fingerprint density at radius 1 is 0.926 bits per heavy atom. The number of rotatable bonds is 13. The number of nitrogens with zero attached hydrogens (tertiary/aromatic N) is 2. The molecule has 0 saturated carbocycles. The fourth-order valence-corrected chi connectivity index (χ4v) is 7.79. The SMILES string of the molecule is CC[C@H]1c2cc3[nH]c(c(CC(=O)OC)c4nc(cc5[nH]c(cc(n2)[C@@H]1C)c(C(C)=O)c5C)[C@@H](C)[C@@H]4CCC(=O)NCC(O)CO)c(C(=O)NCCN)c3C. The van der Waals surface area contributed by atoms with Gasteiger partial charge < -0.3 is 41.3 Å². The van der Waals surface area contributed by atoms with Crippen molar-refractivity contribution in [3.8, 4) is 0 Å². The van der Waals surface area contributed by atoms with Gasteiger partial charge in [0.15, 0.2) is 5.78 Å². The number of ether oxygens (including phenoxy) is 1. The van der Waals surface area contributed by atoms with Crippen LogP contribution < -0.4 is 16.4 Å². The predicted molar refractivity (Wildman–Crippen MR) is 206 cm³/mol. The number of carbonyl (C=O) groups excluding carboxylic acids is 4. The fraction of sp³-hybridized carbons (Fsp3) is 0.500. The molecule has 0 aliphatic carbocycles. The Bertz CT molecular complexity index is 2100. The summed E-state index contributed by atoms with van der Waals surface area (Å²) in [5.41, 5.74) is 13.8. The summed E-state index contributed by atoms with van der Waals surface area (Å²) in [5.74, 6) is -1.90. The smallest absolute Gasteiger partial charge is 0.310 e. The van der Waals surface area contributed by atoms with E-state index in [2.05, 4.69) is 34.4 Å². The molecule has 8 bridgehead atoms. The number of hydrogen-bond donors (Lipinski definition) is 7. The Labute approximate surface area is 314 Å². The molecule has 0 radical (unpaired) electrons. The summed E-state index contributed by atoms with van der Waals surface area (Å²) in [4.78, 5) is 70.5. The standard InChI is InChI=1S/C40H53N7O7/c1-8-25-19(2)28-16-33-36(23(6)49)21(4)30(45-33)14-29-20(3)26(9-10-34(51)43-17-24(50)18-48)38(46-29)27(13-35(52)54-7)39-37(40(53)42-12-11-41)22(5)31(47-39)15-32(25)44-28/h14-16,19-20,24-26,45,47-48,50H,8-13,17-18,41H2,1-7H3,(H,42,53)(H,43,51)/t19-,20+,24?,25-,26+/m1/s1. The zero-order valence-corrected chi connectivity index (χ0v) is 32.2. The third-order valence-electron chi connectivity index (χ3n) is 10.9. The maximum atomic E-state index is 14.0. The first kappa shape index (κ1) is 40.3. The number of Topliss-reactive ketones (excluding diaryl/α,β-unsaturated/α-hetero) is 1. The molecule has 1 unspecified atom stereocenters. The van der Waals surface area contributed by atoms with Crippen LogP contribution in [0.2, 0.25) is 0 Å². The first-order valence-corrected chi connectivity index (χ1v) is 18.6. The summed E-state index contributed by atoms with van der Waals surface area (Å²) in [6, 6.07) is 5.81. The molecule has 3 aromatic rings. The Morgan fingerprint density at radius 3 is 2.20 bits per heavy atom. The average Bonchev–Trinajstić information content (AvgIpc) is 3.83. The minimum absolute atomic E-state index is 0.0390. The van der Waals surface area contributed by atoms with Gasteiger partial charge in [-0.05, 0) is 62.9 Å². The van der Waals surface area contributed by atoms with Crippen molar-refractivity contribution in [1.82, 2.24) is 30.6 Å². The van der Waals surface area contributed by atoms with Gasteiger partial charge in [0, 0.05) is 89.0 Å². The fourth-order valence-electron chi connectivity index (χ4n) is 7.79. The number of methoxy groups -OCH3 is 1. The summed E-state index contributed by atoms with van der Waals surface area (Å²) >= 11 is 0. The largest absolute Gasteiger partial charge is 0.469 e. The molecule has 5 heterocycles. The Hall–Kier alpha value is -4.92. The molecule has 0 aromatic carbocycles. The van der Waals surface area contributed by atoms with Gasteiger partial charge in [0.1, 0.15) is 0 Å². The number of H-pyrrole nitrogens is 2. The van der Waals surface area contributed by atoms with E-state index in [-0.39, 0.29) is 67.8 Å². The van der Waals surface area contributed by atoms with Crippen LogP contribution in [0.4, 0.5) is 0 Å². The Morgan fingerprint density at radius 2 is 1.56 bits per heavy atom. The molecule has 5 atom stereocenters. The lowest BCUT2D eigenvalue weighted by molar-refractivity contribution is -0.139. The van der Waals surface area contributed by atoms with E-state index in [9.17, 15) is 29.4 Å². The third-order valence-corrected chi connectivity index (χ3v) is 10.9. The summed E-state index contributed by atoms with van der Waals surface area (Å²) in [6.07, 6.45) is -0.146. The number of aromatic nitrogens is 4. The van der Waals surface area contributed by atoms with Crippen LogP contribution in [-0.2, 0) is 20.7 Å². The van der Waals surface area contributed by atoms with Gasteiger partial charge in [0.25, 0.3) is 5.91 Å². The zero-order chi connectivity index (χ0) is 39.4. The van der Waals surface area contributed by atoms with Gasteiger partial charge in [-0.25, -0.2) is 0 Å². The molecule has 54 heavy (non-hydrogen) atoms. The van der Waals surface area contributed by atoms with Crippen LogP contribution in [0.1, 0.15) is 131 Å². The molecule has 8 N–H and O–H groups in total. The van der Waals surface area contributed by atoms with E-state index in [1.165, 1.54) is 7.11 Å². The molecule has 0 fully saturated rings. The van der Waals surface area contributed by atoms with E-state index >= 15 is 0 Å². The lowest BCUT2D eigenvalue weighted by Crippen LogP contribution is -2.34. The number of amides is 2. The van der Waals surface area contributed by atoms with E-state index in [1.807, 2.05) is 39.0 Å². The minimum atomic E-state index is -1.09. The lowest BCUT2D eigenvalue weighted by Gasteiger charge is -2.18. The van der Waals surface area contributed by atoms with E-state index in [4.69, 9.17) is 20.4 Å². The van der Waals surface area contributed by atoms with Gasteiger partial charge in [0.2, 0.25) is 5.91 Å². The van der Waals surface area contributed by atoms with Gasteiger partial charge in [-0.2, -0.15) is 0 Å². The van der Waals surface area contributed by atoms with Gasteiger partial charge in [-0.3, -0.25) is 29.1 Å². The van der Waals surface area contributed by atoms with Gasteiger partial charge in [-0.15, -0.1) is 0 Å². The number of fused-ring (bicyclic) bond motifs is 8.